The van der Waals surface area contributed by atoms with Crippen LogP contribution in [0.2, 0.25) is 0 Å². The SMILES string of the molecule is CCCNC1(CC(=O)OC)CCCS(=O)(=O)C1. The summed E-state index contributed by atoms with van der Waals surface area (Å²) in [5, 5.41) is 3.23. The number of carbonyl (C=O) groups is 1. The van der Waals surface area contributed by atoms with Crippen LogP contribution in [0.5, 0.6) is 0 Å². The third-order valence-electron chi connectivity index (χ3n) is 3.07. The summed E-state index contributed by atoms with van der Waals surface area (Å²) >= 11 is 0. The zero-order chi connectivity index (χ0) is 12.9. The van der Waals surface area contributed by atoms with Crippen LogP contribution < -0.4 is 5.32 Å². The van der Waals surface area contributed by atoms with Crippen LogP contribution in [-0.2, 0) is 19.4 Å². The van der Waals surface area contributed by atoms with Crippen molar-refractivity contribution < 1.29 is 17.9 Å². The molecular weight excluding hydrogens is 242 g/mol. The van der Waals surface area contributed by atoms with Crippen LogP contribution in [0.1, 0.15) is 32.6 Å². The average Bonchev–Trinajstić information content (AvgIpc) is 2.25. The second-order valence-electron chi connectivity index (χ2n) is 4.66. The fraction of sp³-hybridized carbons (Fsp3) is 0.909. The molecule has 100 valence electrons. The molecule has 0 aromatic rings. The molecule has 6 heteroatoms. The molecule has 0 aromatic carbocycles. The summed E-state index contributed by atoms with van der Waals surface area (Å²) in [5.74, 6) is -0.0931. The third-order valence-corrected chi connectivity index (χ3v) is 4.97. The van der Waals surface area contributed by atoms with Gasteiger partial charge < -0.3 is 10.1 Å². The number of ether oxygens (including phenoxy) is 1. The highest BCUT2D eigenvalue weighted by atomic mass is 32.2. The second kappa shape index (κ2) is 5.82. The predicted molar refractivity (Wildman–Crippen MR) is 65.5 cm³/mol. The summed E-state index contributed by atoms with van der Waals surface area (Å²) in [4.78, 5) is 11.4. The fourth-order valence-corrected chi connectivity index (χ4v) is 4.19. The zero-order valence-electron chi connectivity index (χ0n) is 10.5. The molecule has 1 N–H and O–H groups in total. The third kappa shape index (κ3) is 4.27. The van der Waals surface area contributed by atoms with E-state index < -0.39 is 15.4 Å². The lowest BCUT2D eigenvalue weighted by Gasteiger charge is -2.37. The molecule has 0 spiro atoms. The Morgan fingerprint density at radius 2 is 2.18 bits per heavy atom. The van der Waals surface area contributed by atoms with Crippen molar-refractivity contribution in [3.05, 3.63) is 0 Å². The number of rotatable bonds is 5. The van der Waals surface area contributed by atoms with E-state index in [1.165, 1.54) is 7.11 Å². The first-order valence-electron chi connectivity index (χ1n) is 5.95. The maximum Gasteiger partial charge on any atom is 0.307 e. The van der Waals surface area contributed by atoms with Gasteiger partial charge in [0.1, 0.15) is 0 Å². The fourth-order valence-electron chi connectivity index (χ4n) is 2.28. The molecule has 0 saturated carbocycles. The summed E-state index contributed by atoms with van der Waals surface area (Å²) in [6.45, 7) is 2.72. The predicted octanol–water partition coefficient (Wildman–Crippen LogP) is 0.496. The van der Waals surface area contributed by atoms with E-state index >= 15 is 0 Å². The molecule has 1 unspecified atom stereocenters. The Balaban J connectivity index is 2.81. The van der Waals surface area contributed by atoms with Crippen molar-refractivity contribution in [1.29, 1.82) is 0 Å². The van der Waals surface area contributed by atoms with Crippen molar-refractivity contribution in [2.75, 3.05) is 25.2 Å². The van der Waals surface area contributed by atoms with Gasteiger partial charge in [-0.25, -0.2) is 8.42 Å². The summed E-state index contributed by atoms with van der Waals surface area (Å²) in [5.41, 5.74) is -0.625. The van der Waals surface area contributed by atoms with Crippen LogP contribution in [0.15, 0.2) is 0 Å². The van der Waals surface area contributed by atoms with Gasteiger partial charge in [-0.3, -0.25) is 4.79 Å². The molecule has 0 aliphatic carbocycles. The number of nitrogens with one attached hydrogen (secondary N) is 1. The van der Waals surface area contributed by atoms with Crippen LogP contribution in [0.3, 0.4) is 0 Å². The molecule has 1 aliphatic rings. The van der Waals surface area contributed by atoms with Gasteiger partial charge in [-0.05, 0) is 25.8 Å². The number of methoxy groups -OCH3 is 1. The van der Waals surface area contributed by atoms with Gasteiger partial charge in [0.15, 0.2) is 9.84 Å². The van der Waals surface area contributed by atoms with Crippen LogP contribution >= 0.6 is 0 Å². The van der Waals surface area contributed by atoms with E-state index in [1.807, 2.05) is 6.92 Å². The Labute approximate surface area is 103 Å². The molecule has 1 heterocycles. The van der Waals surface area contributed by atoms with Gasteiger partial charge in [-0.15, -0.1) is 0 Å². The molecule has 1 fully saturated rings. The monoisotopic (exact) mass is 263 g/mol. The topological polar surface area (TPSA) is 72.5 Å². The van der Waals surface area contributed by atoms with Crippen molar-refractivity contribution in [3.63, 3.8) is 0 Å². The Hall–Kier alpha value is -0.620. The molecule has 1 rings (SSSR count). The maximum absolute atomic E-state index is 11.7. The van der Waals surface area contributed by atoms with Crippen molar-refractivity contribution in [2.45, 2.75) is 38.1 Å². The maximum atomic E-state index is 11.7. The Morgan fingerprint density at radius 1 is 1.47 bits per heavy atom. The number of carbonyl (C=O) groups excluding carboxylic acids is 1. The minimum atomic E-state index is -3.04. The van der Waals surface area contributed by atoms with Gasteiger partial charge in [0.25, 0.3) is 0 Å². The van der Waals surface area contributed by atoms with Crippen molar-refractivity contribution >= 4 is 15.8 Å². The molecule has 17 heavy (non-hydrogen) atoms. The van der Waals surface area contributed by atoms with E-state index in [0.717, 1.165) is 6.42 Å². The first kappa shape index (κ1) is 14.4. The lowest BCUT2D eigenvalue weighted by atomic mass is 9.91. The highest BCUT2D eigenvalue weighted by Gasteiger charge is 2.40. The molecule has 0 bridgehead atoms. The van der Waals surface area contributed by atoms with Crippen molar-refractivity contribution in [2.24, 2.45) is 0 Å². The number of esters is 1. The quantitative estimate of drug-likeness (QED) is 0.731. The van der Waals surface area contributed by atoms with E-state index in [9.17, 15) is 13.2 Å². The Bertz CT molecular complexity index is 366. The highest BCUT2D eigenvalue weighted by molar-refractivity contribution is 7.91. The van der Waals surface area contributed by atoms with E-state index in [4.69, 9.17) is 0 Å². The Morgan fingerprint density at radius 3 is 2.71 bits per heavy atom. The van der Waals surface area contributed by atoms with E-state index in [1.54, 1.807) is 0 Å². The minimum Gasteiger partial charge on any atom is -0.469 e. The van der Waals surface area contributed by atoms with E-state index in [2.05, 4.69) is 10.1 Å². The summed E-state index contributed by atoms with van der Waals surface area (Å²) in [6.07, 6.45) is 2.35. The van der Waals surface area contributed by atoms with Gasteiger partial charge in [0, 0.05) is 5.54 Å². The molecule has 1 saturated heterocycles. The minimum absolute atomic E-state index is 0.0368. The van der Waals surface area contributed by atoms with Gasteiger partial charge in [-0.1, -0.05) is 6.92 Å². The van der Waals surface area contributed by atoms with Gasteiger partial charge in [0.2, 0.25) is 0 Å². The molecular formula is C11H21NO4S. The van der Waals surface area contributed by atoms with Gasteiger partial charge >= 0.3 is 5.97 Å². The van der Waals surface area contributed by atoms with E-state index in [0.29, 0.717) is 19.4 Å². The number of sulfone groups is 1. The summed E-state index contributed by atoms with van der Waals surface area (Å²) in [6, 6.07) is 0. The number of hydrogen-bond acceptors (Lipinski definition) is 5. The largest absolute Gasteiger partial charge is 0.469 e. The van der Waals surface area contributed by atoms with Crippen LogP contribution in [0.4, 0.5) is 0 Å². The molecule has 5 nitrogen and oxygen atoms in total. The summed E-state index contributed by atoms with van der Waals surface area (Å²) in [7, 11) is -1.72. The Kier molecular flexibility index (Phi) is 4.94. The van der Waals surface area contributed by atoms with Crippen molar-refractivity contribution in [3.8, 4) is 0 Å². The van der Waals surface area contributed by atoms with Gasteiger partial charge in [0.05, 0.1) is 25.0 Å². The number of hydrogen-bond donors (Lipinski definition) is 1. The van der Waals surface area contributed by atoms with Crippen LogP contribution in [0.25, 0.3) is 0 Å². The van der Waals surface area contributed by atoms with Crippen LogP contribution in [0, 0.1) is 0 Å². The molecule has 1 aliphatic heterocycles. The lowest BCUT2D eigenvalue weighted by Crippen LogP contribution is -2.55. The average molecular weight is 263 g/mol. The molecule has 0 aromatic heterocycles. The second-order valence-corrected chi connectivity index (χ2v) is 6.84. The zero-order valence-corrected chi connectivity index (χ0v) is 11.3. The molecule has 0 amide bonds. The lowest BCUT2D eigenvalue weighted by molar-refractivity contribution is -0.142. The first-order chi connectivity index (χ1) is 7.93. The van der Waals surface area contributed by atoms with E-state index in [-0.39, 0.29) is 23.9 Å². The smallest absolute Gasteiger partial charge is 0.307 e. The normalized spacial score (nSPS) is 27.6. The standard InChI is InChI=1S/C11H21NO4S/c1-3-6-12-11(8-10(13)16-2)5-4-7-17(14,15)9-11/h12H,3-9H2,1-2H3. The highest BCUT2D eigenvalue weighted by Crippen LogP contribution is 2.26. The molecule has 1 atom stereocenters. The van der Waals surface area contributed by atoms with Crippen LogP contribution in [-0.4, -0.2) is 45.1 Å². The summed E-state index contributed by atoms with van der Waals surface area (Å²) < 4.78 is 28.1. The van der Waals surface area contributed by atoms with Gasteiger partial charge in [-0.2, -0.15) is 0 Å². The first-order valence-corrected chi connectivity index (χ1v) is 7.77. The molecule has 0 radical (unpaired) electrons. The van der Waals surface area contributed by atoms with Crippen molar-refractivity contribution in [1.82, 2.24) is 5.32 Å².